The van der Waals surface area contributed by atoms with Crippen LogP contribution in [0, 0.1) is 12.8 Å². The van der Waals surface area contributed by atoms with Crippen molar-refractivity contribution in [2.45, 2.75) is 46.6 Å². The Hall–Kier alpha value is -1.09. The van der Waals surface area contributed by atoms with Crippen LogP contribution < -0.4 is 11.1 Å². The van der Waals surface area contributed by atoms with Gasteiger partial charge in [0.2, 0.25) is 0 Å². The summed E-state index contributed by atoms with van der Waals surface area (Å²) in [6.45, 7) is 9.73. The molecule has 0 amide bonds. The molecular formula is C14H25N3. The molecule has 1 atom stereocenters. The molecule has 0 aromatic carbocycles. The average Bonchev–Trinajstić information content (AvgIpc) is 2.28. The highest BCUT2D eigenvalue weighted by atomic mass is 14.9. The molecule has 3 N–H and O–H groups in total. The zero-order valence-electron chi connectivity index (χ0n) is 11.5. The van der Waals surface area contributed by atoms with Gasteiger partial charge < -0.3 is 11.1 Å². The van der Waals surface area contributed by atoms with E-state index in [1.807, 2.05) is 6.20 Å². The number of anilines is 1. The molecule has 1 aromatic heterocycles. The summed E-state index contributed by atoms with van der Waals surface area (Å²) < 4.78 is 0. The van der Waals surface area contributed by atoms with Gasteiger partial charge in [0.05, 0.1) is 0 Å². The molecule has 3 nitrogen and oxygen atoms in total. The number of aromatic nitrogens is 1. The first-order chi connectivity index (χ1) is 8.04. The third kappa shape index (κ3) is 4.35. The molecule has 96 valence electrons. The quantitative estimate of drug-likeness (QED) is 0.796. The minimum absolute atomic E-state index is 0.555. The Morgan fingerprint density at radius 1 is 1.41 bits per heavy atom. The second-order valence-corrected chi connectivity index (χ2v) is 5.00. The Morgan fingerprint density at radius 3 is 2.71 bits per heavy atom. The van der Waals surface area contributed by atoms with Gasteiger partial charge >= 0.3 is 0 Å². The third-order valence-electron chi connectivity index (χ3n) is 3.13. The molecule has 0 saturated carbocycles. The lowest BCUT2D eigenvalue weighted by Crippen LogP contribution is -2.34. The van der Waals surface area contributed by atoms with Crippen LogP contribution in [0.15, 0.2) is 12.3 Å². The van der Waals surface area contributed by atoms with Crippen LogP contribution in [-0.4, -0.2) is 17.6 Å². The van der Waals surface area contributed by atoms with Crippen molar-refractivity contribution in [3.63, 3.8) is 0 Å². The van der Waals surface area contributed by atoms with Crippen molar-refractivity contribution in [2.75, 3.05) is 12.3 Å². The van der Waals surface area contributed by atoms with Crippen LogP contribution in [-0.2, 0) is 6.42 Å². The van der Waals surface area contributed by atoms with Gasteiger partial charge in [0.15, 0.2) is 0 Å². The van der Waals surface area contributed by atoms with Crippen LogP contribution in [0.1, 0.15) is 38.3 Å². The van der Waals surface area contributed by atoms with E-state index in [1.165, 1.54) is 11.1 Å². The number of rotatable bonds is 6. The Labute approximate surface area is 105 Å². The zero-order valence-corrected chi connectivity index (χ0v) is 11.5. The van der Waals surface area contributed by atoms with Crippen LogP contribution in [0.3, 0.4) is 0 Å². The molecule has 1 unspecified atom stereocenters. The second-order valence-electron chi connectivity index (χ2n) is 5.00. The molecule has 1 rings (SSSR count). The predicted octanol–water partition coefficient (Wildman–Crippen LogP) is 2.54. The smallest absolute Gasteiger partial charge is 0.126 e. The number of aryl methyl sites for hydroxylation is 2. The van der Waals surface area contributed by atoms with Gasteiger partial charge in [0.25, 0.3) is 0 Å². The zero-order chi connectivity index (χ0) is 12.8. The Morgan fingerprint density at radius 2 is 2.12 bits per heavy atom. The largest absolute Gasteiger partial charge is 0.383 e. The Kier molecular flexibility index (Phi) is 5.42. The fourth-order valence-corrected chi connectivity index (χ4v) is 2.08. The summed E-state index contributed by atoms with van der Waals surface area (Å²) in [5, 5.41) is 3.53. The van der Waals surface area contributed by atoms with Gasteiger partial charge in [0, 0.05) is 12.2 Å². The summed E-state index contributed by atoms with van der Waals surface area (Å²) >= 11 is 0. The minimum atomic E-state index is 0.555. The molecule has 0 aliphatic rings. The first-order valence-corrected chi connectivity index (χ1v) is 6.49. The van der Waals surface area contributed by atoms with Crippen LogP contribution in [0.5, 0.6) is 0 Å². The minimum Gasteiger partial charge on any atom is -0.383 e. The van der Waals surface area contributed by atoms with Crippen molar-refractivity contribution in [3.8, 4) is 0 Å². The van der Waals surface area contributed by atoms with Gasteiger partial charge in [-0.1, -0.05) is 26.8 Å². The second kappa shape index (κ2) is 6.60. The molecule has 1 heterocycles. The van der Waals surface area contributed by atoms with Gasteiger partial charge in [-0.3, -0.25) is 0 Å². The molecule has 0 fully saturated rings. The summed E-state index contributed by atoms with van der Waals surface area (Å²) in [5.74, 6) is 1.32. The number of nitrogen functional groups attached to an aromatic ring is 1. The number of hydrogen-bond acceptors (Lipinski definition) is 3. The number of hydrogen-bond donors (Lipinski definition) is 2. The third-order valence-corrected chi connectivity index (χ3v) is 3.13. The standard InChI is InChI=1S/C14H25N3/c1-5-16-13(10(2)3)7-6-12-8-11(4)9-17-14(12)15/h8-10,13,16H,5-7H2,1-4H3,(H2,15,17). The van der Waals surface area contributed by atoms with Crippen molar-refractivity contribution in [3.05, 3.63) is 23.4 Å². The van der Waals surface area contributed by atoms with Crippen molar-refractivity contribution in [1.82, 2.24) is 10.3 Å². The molecule has 0 aliphatic heterocycles. The Balaban J connectivity index is 2.61. The van der Waals surface area contributed by atoms with E-state index in [-0.39, 0.29) is 0 Å². The highest BCUT2D eigenvalue weighted by molar-refractivity contribution is 5.40. The predicted molar refractivity (Wildman–Crippen MR) is 74.0 cm³/mol. The summed E-state index contributed by atoms with van der Waals surface area (Å²) in [4.78, 5) is 4.20. The van der Waals surface area contributed by atoms with Crippen molar-refractivity contribution < 1.29 is 0 Å². The van der Waals surface area contributed by atoms with Gasteiger partial charge in [0.1, 0.15) is 5.82 Å². The summed E-state index contributed by atoms with van der Waals surface area (Å²) in [6, 6.07) is 2.70. The maximum atomic E-state index is 5.89. The van der Waals surface area contributed by atoms with Crippen LogP contribution >= 0.6 is 0 Å². The van der Waals surface area contributed by atoms with Crippen LogP contribution in [0.4, 0.5) is 5.82 Å². The molecule has 3 heteroatoms. The topological polar surface area (TPSA) is 50.9 Å². The Bertz CT molecular complexity index is 347. The van der Waals surface area contributed by atoms with E-state index in [0.717, 1.165) is 19.4 Å². The highest BCUT2D eigenvalue weighted by Gasteiger charge is 2.12. The normalized spacial score (nSPS) is 13.0. The van der Waals surface area contributed by atoms with Gasteiger partial charge in [-0.2, -0.15) is 0 Å². The maximum Gasteiger partial charge on any atom is 0.126 e. The fourth-order valence-electron chi connectivity index (χ4n) is 2.08. The highest BCUT2D eigenvalue weighted by Crippen LogP contribution is 2.16. The van der Waals surface area contributed by atoms with Gasteiger partial charge in [-0.05, 0) is 43.4 Å². The van der Waals surface area contributed by atoms with E-state index < -0.39 is 0 Å². The molecule has 1 aromatic rings. The summed E-state index contributed by atoms with van der Waals surface area (Å²) in [5.41, 5.74) is 8.25. The lowest BCUT2D eigenvalue weighted by Gasteiger charge is -2.22. The van der Waals surface area contributed by atoms with Crippen molar-refractivity contribution >= 4 is 5.82 Å². The number of nitrogens with one attached hydrogen (secondary N) is 1. The fraction of sp³-hybridized carbons (Fsp3) is 0.643. The van der Waals surface area contributed by atoms with Crippen molar-refractivity contribution in [1.29, 1.82) is 0 Å². The number of nitrogens with zero attached hydrogens (tertiary/aromatic N) is 1. The molecule has 0 radical (unpaired) electrons. The first kappa shape index (κ1) is 14.0. The van der Waals surface area contributed by atoms with E-state index in [1.54, 1.807) is 0 Å². The monoisotopic (exact) mass is 235 g/mol. The van der Waals surface area contributed by atoms with Crippen LogP contribution in [0.25, 0.3) is 0 Å². The molecule has 0 saturated heterocycles. The molecule has 0 spiro atoms. The van der Waals surface area contributed by atoms with E-state index in [4.69, 9.17) is 5.73 Å². The lowest BCUT2D eigenvalue weighted by atomic mass is 9.96. The van der Waals surface area contributed by atoms with Crippen molar-refractivity contribution in [2.24, 2.45) is 5.92 Å². The number of pyridine rings is 1. The van der Waals surface area contributed by atoms with E-state index in [0.29, 0.717) is 17.8 Å². The first-order valence-electron chi connectivity index (χ1n) is 6.49. The van der Waals surface area contributed by atoms with Gasteiger partial charge in [-0.25, -0.2) is 4.98 Å². The average molecular weight is 235 g/mol. The van der Waals surface area contributed by atoms with Crippen LogP contribution in [0.2, 0.25) is 0 Å². The molecule has 0 aliphatic carbocycles. The summed E-state index contributed by atoms with van der Waals surface area (Å²) in [6.07, 6.45) is 3.93. The van der Waals surface area contributed by atoms with E-state index >= 15 is 0 Å². The van der Waals surface area contributed by atoms with E-state index in [9.17, 15) is 0 Å². The van der Waals surface area contributed by atoms with E-state index in [2.05, 4.69) is 44.1 Å². The SMILES string of the molecule is CCNC(CCc1cc(C)cnc1N)C(C)C. The molecular weight excluding hydrogens is 210 g/mol. The van der Waals surface area contributed by atoms with Gasteiger partial charge in [-0.15, -0.1) is 0 Å². The summed E-state index contributed by atoms with van der Waals surface area (Å²) in [7, 11) is 0. The molecule has 0 bridgehead atoms. The maximum absolute atomic E-state index is 5.89. The number of nitrogens with two attached hydrogens (primary N) is 1. The lowest BCUT2D eigenvalue weighted by molar-refractivity contribution is 0.385. The molecule has 17 heavy (non-hydrogen) atoms.